The van der Waals surface area contributed by atoms with Crippen molar-refractivity contribution in [3.8, 4) is 5.75 Å². The number of hydrogen-bond donors (Lipinski definition) is 2. The highest BCUT2D eigenvalue weighted by atomic mass is 35.5. The van der Waals surface area contributed by atoms with Gasteiger partial charge in [-0.15, -0.1) is 0 Å². The lowest BCUT2D eigenvalue weighted by Gasteiger charge is -2.14. The molecular formula is C19H15ClN2O3S2. The van der Waals surface area contributed by atoms with Crippen LogP contribution in [0.4, 0.5) is 5.69 Å². The van der Waals surface area contributed by atoms with Gasteiger partial charge in [-0.25, -0.2) is 0 Å². The minimum absolute atomic E-state index is 0.0147. The second kappa shape index (κ2) is 8.56. The Labute approximate surface area is 171 Å². The third-order valence-corrected chi connectivity index (χ3v) is 5.53. The zero-order valence-corrected chi connectivity index (χ0v) is 16.4. The first kappa shape index (κ1) is 19.4. The maximum absolute atomic E-state index is 12.6. The van der Waals surface area contributed by atoms with Gasteiger partial charge < -0.3 is 10.4 Å². The quantitative estimate of drug-likeness (QED) is 0.431. The van der Waals surface area contributed by atoms with Crippen molar-refractivity contribution in [1.82, 2.24) is 4.90 Å². The lowest BCUT2D eigenvalue weighted by Crippen LogP contribution is -2.31. The number of halogens is 1. The number of hydrogen-bond acceptors (Lipinski definition) is 5. The number of phenols is 1. The molecule has 1 aliphatic rings. The molecule has 5 nitrogen and oxygen atoms in total. The van der Waals surface area contributed by atoms with Gasteiger partial charge in [0.15, 0.2) is 0 Å². The fraction of sp³-hybridized carbons (Fsp3) is 0.105. The molecule has 0 bridgehead atoms. The largest absolute Gasteiger partial charge is 0.506 e. The lowest BCUT2D eigenvalue weighted by molar-refractivity contribution is -0.122. The number of nitrogens with one attached hydrogen (secondary N) is 1. The summed E-state index contributed by atoms with van der Waals surface area (Å²) in [4.78, 5) is 26.6. The van der Waals surface area contributed by atoms with Crippen LogP contribution in [0.3, 0.4) is 0 Å². The molecule has 2 amide bonds. The molecule has 0 spiro atoms. The van der Waals surface area contributed by atoms with Gasteiger partial charge in [-0.2, -0.15) is 0 Å². The van der Waals surface area contributed by atoms with Crippen molar-refractivity contribution >= 4 is 63.5 Å². The van der Waals surface area contributed by atoms with Crippen molar-refractivity contribution in [2.24, 2.45) is 0 Å². The van der Waals surface area contributed by atoms with Crippen molar-refractivity contribution in [1.29, 1.82) is 0 Å². The molecule has 1 aliphatic heterocycles. The molecule has 2 aromatic carbocycles. The monoisotopic (exact) mass is 418 g/mol. The number of nitrogens with zero attached hydrogens (tertiary/aromatic N) is 1. The third kappa shape index (κ3) is 4.68. The topological polar surface area (TPSA) is 69.6 Å². The second-order valence-corrected chi connectivity index (χ2v) is 7.75. The van der Waals surface area contributed by atoms with E-state index in [4.69, 9.17) is 23.8 Å². The van der Waals surface area contributed by atoms with Crippen LogP contribution in [0.5, 0.6) is 5.75 Å². The molecule has 3 rings (SSSR count). The summed E-state index contributed by atoms with van der Waals surface area (Å²) in [7, 11) is 0. The van der Waals surface area contributed by atoms with E-state index >= 15 is 0 Å². The van der Waals surface area contributed by atoms with E-state index in [1.807, 2.05) is 18.2 Å². The fourth-order valence-corrected chi connectivity index (χ4v) is 3.92. The van der Waals surface area contributed by atoms with Crippen LogP contribution in [-0.4, -0.2) is 32.7 Å². The summed E-state index contributed by atoms with van der Waals surface area (Å²) in [5.41, 5.74) is 1.06. The van der Waals surface area contributed by atoms with Crippen molar-refractivity contribution in [3.63, 3.8) is 0 Å². The number of carbonyl (C=O) groups excluding carboxylic acids is 2. The molecule has 27 heavy (non-hydrogen) atoms. The third-order valence-electron chi connectivity index (χ3n) is 3.81. The molecule has 0 saturated carbocycles. The molecule has 1 fully saturated rings. The number of thiocarbonyl (C=S) groups is 1. The Morgan fingerprint density at radius 1 is 1.22 bits per heavy atom. The Hall–Kier alpha value is -2.35. The molecule has 0 atom stereocenters. The number of aromatic hydroxyl groups is 1. The number of thioether (sulfide) groups is 1. The van der Waals surface area contributed by atoms with Gasteiger partial charge in [0, 0.05) is 18.0 Å². The molecule has 0 unspecified atom stereocenters. The highest BCUT2D eigenvalue weighted by Gasteiger charge is 2.32. The first-order valence-electron chi connectivity index (χ1n) is 8.03. The number of rotatable bonds is 5. The predicted octanol–water partition coefficient (Wildman–Crippen LogP) is 4.28. The standard InChI is InChI=1S/C19H15ClN2O3S2/c20-13-6-2-1-5-12(13)11-16-18(25)22(19(26)27-16)10-9-17(24)21-14-7-3-4-8-15(14)23/h1-8,11,23H,9-10H2,(H,21,24)/b16-11-. The Kier molecular flexibility index (Phi) is 6.15. The molecule has 8 heteroatoms. The number of benzene rings is 2. The van der Waals surface area contributed by atoms with Crippen LogP contribution >= 0.6 is 35.6 Å². The van der Waals surface area contributed by atoms with Crippen molar-refractivity contribution in [3.05, 3.63) is 64.0 Å². The summed E-state index contributed by atoms with van der Waals surface area (Å²) < 4.78 is 0.397. The maximum atomic E-state index is 12.6. The number of amides is 2. The zero-order chi connectivity index (χ0) is 19.4. The number of anilines is 1. The minimum Gasteiger partial charge on any atom is -0.506 e. The molecule has 0 aromatic heterocycles. The molecule has 1 heterocycles. The first-order chi connectivity index (χ1) is 13.0. The predicted molar refractivity (Wildman–Crippen MR) is 113 cm³/mol. The summed E-state index contributed by atoms with van der Waals surface area (Å²) >= 11 is 12.6. The van der Waals surface area contributed by atoms with Gasteiger partial charge in [0.05, 0.1) is 10.6 Å². The van der Waals surface area contributed by atoms with Gasteiger partial charge in [0.1, 0.15) is 10.1 Å². The Morgan fingerprint density at radius 2 is 1.93 bits per heavy atom. The Bertz CT molecular complexity index is 946. The van der Waals surface area contributed by atoms with E-state index in [2.05, 4.69) is 5.32 Å². The van der Waals surface area contributed by atoms with E-state index in [9.17, 15) is 14.7 Å². The first-order valence-corrected chi connectivity index (χ1v) is 9.63. The smallest absolute Gasteiger partial charge is 0.266 e. The van der Waals surface area contributed by atoms with E-state index in [1.165, 1.54) is 22.7 Å². The van der Waals surface area contributed by atoms with E-state index in [0.717, 1.165) is 5.56 Å². The highest BCUT2D eigenvalue weighted by Crippen LogP contribution is 2.33. The van der Waals surface area contributed by atoms with Gasteiger partial charge in [-0.1, -0.05) is 65.9 Å². The fourth-order valence-electron chi connectivity index (χ4n) is 2.43. The molecular weight excluding hydrogens is 404 g/mol. The minimum atomic E-state index is -0.319. The lowest BCUT2D eigenvalue weighted by atomic mass is 10.2. The van der Waals surface area contributed by atoms with Gasteiger partial charge in [-0.05, 0) is 29.8 Å². The number of para-hydroxylation sites is 2. The summed E-state index contributed by atoms with van der Waals surface area (Å²) in [6.45, 7) is 0.157. The second-order valence-electron chi connectivity index (χ2n) is 5.67. The van der Waals surface area contributed by atoms with Gasteiger partial charge >= 0.3 is 0 Å². The number of phenolic OH excluding ortho intramolecular Hbond substituents is 1. The maximum Gasteiger partial charge on any atom is 0.266 e. The number of carbonyl (C=O) groups is 2. The molecule has 1 saturated heterocycles. The van der Waals surface area contributed by atoms with Gasteiger partial charge in [0.2, 0.25) is 5.91 Å². The molecule has 2 aromatic rings. The summed E-state index contributed by atoms with van der Waals surface area (Å²) in [6, 6.07) is 13.7. The Balaban J connectivity index is 1.63. The van der Waals surface area contributed by atoms with Crippen LogP contribution in [0.1, 0.15) is 12.0 Å². The van der Waals surface area contributed by atoms with Crippen LogP contribution in [0.2, 0.25) is 5.02 Å². The van der Waals surface area contributed by atoms with Crippen LogP contribution in [0.25, 0.3) is 6.08 Å². The molecule has 0 aliphatic carbocycles. The van der Waals surface area contributed by atoms with Crippen LogP contribution in [0, 0.1) is 0 Å². The summed E-state index contributed by atoms with van der Waals surface area (Å²) in [6.07, 6.45) is 1.75. The van der Waals surface area contributed by atoms with E-state index < -0.39 is 0 Å². The molecule has 2 N–H and O–H groups in total. The summed E-state index contributed by atoms with van der Waals surface area (Å²) in [5, 5.41) is 12.9. The van der Waals surface area contributed by atoms with Crippen molar-refractivity contribution in [2.45, 2.75) is 6.42 Å². The molecule has 138 valence electrons. The highest BCUT2D eigenvalue weighted by molar-refractivity contribution is 8.26. The summed E-state index contributed by atoms with van der Waals surface area (Å²) in [5.74, 6) is -0.583. The van der Waals surface area contributed by atoms with Crippen molar-refractivity contribution < 1.29 is 14.7 Å². The molecule has 0 radical (unpaired) electrons. The van der Waals surface area contributed by atoms with E-state index in [-0.39, 0.29) is 30.5 Å². The van der Waals surface area contributed by atoms with Crippen LogP contribution < -0.4 is 5.32 Å². The normalized spacial score (nSPS) is 15.4. The average molecular weight is 419 g/mol. The van der Waals surface area contributed by atoms with Gasteiger partial charge in [0.25, 0.3) is 5.91 Å². The average Bonchev–Trinajstić information content (AvgIpc) is 2.90. The van der Waals surface area contributed by atoms with E-state index in [1.54, 1.807) is 30.3 Å². The van der Waals surface area contributed by atoms with Crippen molar-refractivity contribution in [2.75, 3.05) is 11.9 Å². The van der Waals surface area contributed by atoms with E-state index in [0.29, 0.717) is 19.9 Å². The Morgan fingerprint density at radius 3 is 2.67 bits per heavy atom. The zero-order valence-electron chi connectivity index (χ0n) is 14.0. The van der Waals surface area contributed by atoms with Gasteiger partial charge in [-0.3, -0.25) is 14.5 Å². The van der Waals surface area contributed by atoms with Crippen LogP contribution in [-0.2, 0) is 9.59 Å². The van der Waals surface area contributed by atoms with Crippen LogP contribution in [0.15, 0.2) is 53.4 Å². The SMILES string of the molecule is O=C(CCN1C(=O)/C(=C/c2ccccc2Cl)SC1=S)Nc1ccccc1O.